The van der Waals surface area contributed by atoms with Crippen molar-refractivity contribution in [2.75, 3.05) is 60.0 Å². The van der Waals surface area contributed by atoms with Crippen LogP contribution in [0.1, 0.15) is 10.4 Å². The molecule has 0 radical (unpaired) electrons. The molecule has 0 fully saturated rings. The van der Waals surface area contributed by atoms with Crippen molar-refractivity contribution >= 4 is 17.6 Å². The van der Waals surface area contributed by atoms with E-state index in [1.54, 1.807) is 31.4 Å². The van der Waals surface area contributed by atoms with Crippen LogP contribution in [0.15, 0.2) is 24.3 Å². The molecule has 23 heavy (non-hydrogen) atoms. The van der Waals surface area contributed by atoms with Crippen molar-refractivity contribution in [2.24, 2.45) is 0 Å². The molecular weight excluding hydrogens is 324 g/mol. The van der Waals surface area contributed by atoms with E-state index in [-0.39, 0.29) is 6.61 Å². The van der Waals surface area contributed by atoms with Gasteiger partial charge in [-0.05, 0) is 12.1 Å². The summed E-state index contributed by atoms with van der Waals surface area (Å²) < 4.78 is 25.8. The Morgan fingerprint density at radius 3 is 1.96 bits per heavy atom. The van der Waals surface area contributed by atoms with Gasteiger partial charge in [-0.25, -0.2) is 4.79 Å². The summed E-state index contributed by atoms with van der Waals surface area (Å²) in [4.78, 5) is 11.7. The number of methoxy groups -OCH3 is 1. The Hall–Kier alpha value is -1.18. The third-order valence-electron chi connectivity index (χ3n) is 2.73. The minimum atomic E-state index is -0.455. The number of hydrogen-bond donors (Lipinski definition) is 0. The molecule has 0 aliphatic rings. The summed E-state index contributed by atoms with van der Waals surface area (Å²) in [7, 11) is 1.63. The van der Waals surface area contributed by atoms with Gasteiger partial charge in [-0.3, -0.25) is 0 Å². The van der Waals surface area contributed by atoms with Crippen molar-refractivity contribution in [1.29, 1.82) is 0 Å². The zero-order valence-corrected chi connectivity index (χ0v) is 14.0. The van der Waals surface area contributed by atoms with Crippen LogP contribution in [0, 0.1) is 0 Å². The molecule has 0 unspecified atom stereocenters. The van der Waals surface area contributed by atoms with Crippen molar-refractivity contribution < 1.29 is 28.5 Å². The molecule has 0 bridgehead atoms. The molecule has 0 spiro atoms. The van der Waals surface area contributed by atoms with Crippen LogP contribution < -0.4 is 0 Å². The first-order valence-corrected chi connectivity index (χ1v) is 7.77. The summed E-state index contributed by atoms with van der Waals surface area (Å²) in [6.07, 6.45) is 0. The molecule has 0 aliphatic carbocycles. The summed E-state index contributed by atoms with van der Waals surface area (Å²) in [5.74, 6) is -0.455. The molecule has 6 nitrogen and oxygen atoms in total. The second-order valence-electron chi connectivity index (χ2n) is 4.45. The summed E-state index contributed by atoms with van der Waals surface area (Å²) in [6, 6.07) is 6.75. The molecule has 1 aromatic rings. The minimum Gasteiger partial charge on any atom is -0.460 e. The average molecular weight is 347 g/mol. The number of rotatable bonds is 13. The van der Waals surface area contributed by atoms with Gasteiger partial charge in [0.25, 0.3) is 0 Å². The third kappa shape index (κ3) is 9.53. The van der Waals surface area contributed by atoms with Gasteiger partial charge in [-0.1, -0.05) is 23.7 Å². The third-order valence-corrected chi connectivity index (χ3v) is 3.06. The first-order chi connectivity index (χ1) is 11.3. The summed E-state index contributed by atoms with van der Waals surface area (Å²) in [5, 5.41) is 0.375. The Bertz CT molecular complexity index is 440. The van der Waals surface area contributed by atoms with Crippen LogP contribution in [-0.4, -0.2) is 65.9 Å². The molecular formula is C16H23ClO6. The fourth-order valence-corrected chi connectivity index (χ4v) is 1.79. The van der Waals surface area contributed by atoms with Gasteiger partial charge >= 0.3 is 5.97 Å². The number of esters is 1. The lowest BCUT2D eigenvalue weighted by atomic mass is 10.2. The Kier molecular flexibility index (Phi) is 11.5. The maximum Gasteiger partial charge on any atom is 0.339 e. The normalized spacial score (nSPS) is 10.7. The SMILES string of the molecule is COCCOCCOCCOCCOC(=O)c1ccccc1Cl. The standard InChI is InChI=1S/C16H23ClO6/c1-19-6-7-20-8-9-21-10-11-22-12-13-23-16(18)14-4-2-3-5-15(14)17/h2-5H,6-13H2,1H3. The van der Waals surface area contributed by atoms with Gasteiger partial charge in [-0.2, -0.15) is 0 Å². The van der Waals surface area contributed by atoms with E-state index in [1.807, 2.05) is 0 Å². The number of hydrogen-bond acceptors (Lipinski definition) is 6. The predicted octanol–water partition coefficient (Wildman–Crippen LogP) is 2.19. The van der Waals surface area contributed by atoms with Crippen molar-refractivity contribution in [1.82, 2.24) is 0 Å². The lowest BCUT2D eigenvalue weighted by Crippen LogP contribution is -2.14. The molecule has 0 amide bonds. The predicted molar refractivity (Wildman–Crippen MR) is 86.1 cm³/mol. The van der Waals surface area contributed by atoms with Crippen LogP contribution in [0.3, 0.4) is 0 Å². The van der Waals surface area contributed by atoms with Crippen LogP contribution in [0.2, 0.25) is 5.02 Å². The van der Waals surface area contributed by atoms with E-state index < -0.39 is 5.97 Å². The van der Waals surface area contributed by atoms with Gasteiger partial charge in [0.1, 0.15) is 6.61 Å². The molecule has 0 aromatic heterocycles. The van der Waals surface area contributed by atoms with Gasteiger partial charge in [0.2, 0.25) is 0 Å². The van der Waals surface area contributed by atoms with E-state index in [9.17, 15) is 4.79 Å². The number of carbonyl (C=O) groups is 1. The van der Waals surface area contributed by atoms with Crippen molar-refractivity contribution in [3.63, 3.8) is 0 Å². The van der Waals surface area contributed by atoms with Crippen molar-refractivity contribution in [3.05, 3.63) is 34.9 Å². The Balaban J connectivity index is 1.92. The number of benzene rings is 1. The topological polar surface area (TPSA) is 63.2 Å². The zero-order chi connectivity index (χ0) is 16.8. The first-order valence-electron chi connectivity index (χ1n) is 7.39. The van der Waals surface area contributed by atoms with Crippen molar-refractivity contribution in [3.8, 4) is 0 Å². The van der Waals surface area contributed by atoms with Crippen LogP contribution in [0.5, 0.6) is 0 Å². The number of carbonyl (C=O) groups excluding carboxylic acids is 1. The smallest absolute Gasteiger partial charge is 0.339 e. The highest BCUT2D eigenvalue weighted by Crippen LogP contribution is 2.15. The van der Waals surface area contributed by atoms with Crippen molar-refractivity contribution in [2.45, 2.75) is 0 Å². The Morgan fingerprint density at radius 1 is 0.870 bits per heavy atom. The van der Waals surface area contributed by atoms with E-state index >= 15 is 0 Å². The molecule has 0 aliphatic heterocycles. The van der Waals surface area contributed by atoms with E-state index in [4.69, 9.17) is 35.3 Å². The van der Waals surface area contributed by atoms with E-state index in [2.05, 4.69) is 0 Å². The maximum atomic E-state index is 11.7. The first kappa shape index (κ1) is 19.9. The molecule has 0 saturated carbocycles. The van der Waals surface area contributed by atoms with E-state index in [0.29, 0.717) is 56.8 Å². The highest BCUT2D eigenvalue weighted by atomic mass is 35.5. The maximum absolute atomic E-state index is 11.7. The van der Waals surface area contributed by atoms with Crippen LogP contribution in [0.4, 0.5) is 0 Å². The van der Waals surface area contributed by atoms with Gasteiger partial charge in [-0.15, -0.1) is 0 Å². The summed E-state index contributed by atoms with van der Waals surface area (Å²) in [6.45, 7) is 3.55. The molecule has 0 heterocycles. The van der Waals surface area contributed by atoms with E-state index in [1.165, 1.54) is 0 Å². The van der Waals surface area contributed by atoms with Crippen LogP contribution >= 0.6 is 11.6 Å². The lowest BCUT2D eigenvalue weighted by Gasteiger charge is -2.08. The number of ether oxygens (including phenoxy) is 5. The van der Waals surface area contributed by atoms with Crippen LogP contribution in [-0.2, 0) is 23.7 Å². The summed E-state index contributed by atoms with van der Waals surface area (Å²) in [5.41, 5.74) is 0.353. The molecule has 130 valence electrons. The fourth-order valence-electron chi connectivity index (χ4n) is 1.58. The fraction of sp³-hybridized carbons (Fsp3) is 0.562. The van der Waals surface area contributed by atoms with Gasteiger partial charge in [0.05, 0.1) is 56.8 Å². The molecule has 0 N–H and O–H groups in total. The molecule has 0 saturated heterocycles. The average Bonchev–Trinajstić information content (AvgIpc) is 2.56. The van der Waals surface area contributed by atoms with E-state index in [0.717, 1.165) is 0 Å². The van der Waals surface area contributed by atoms with Gasteiger partial charge in [0.15, 0.2) is 0 Å². The second kappa shape index (κ2) is 13.3. The van der Waals surface area contributed by atoms with Gasteiger partial charge in [0, 0.05) is 7.11 Å². The highest BCUT2D eigenvalue weighted by Gasteiger charge is 2.10. The largest absolute Gasteiger partial charge is 0.460 e. The lowest BCUT2D eigenvalue weighted by molar-refractivity contribution is -0.00551. The summed E-state index contributed by atoms with van der Waals surface area (Å²) >= 11 is 5.90. The minimum absolute atomic E-state index is 0.171. The number of halogens is 1. The Morgan fingerprint density at radius 2 is 1.39 bits per heavy atom. The monoisotopic (exact) mass is 346 g/mol. The molecule has 1 aromatic carbocycles. The van der Waals surface area contributed by atoms with Crippen LogP contribution in [0.25, 0.3) is 0 Å². The quantitative estimate of drug-likeness (QED) is 0.403. The highest BCUT2D eigenvalue weighted by molar-refractivity contribution is 6.33. The van der Waals surface area contributed by atoms with Gasteiger partial charge < -0.3 is 23.7 Å². The molecule has 0 atom stereocenters. The Labute approximate surface area is 141 Å². The second-order valence-corrected chi connectivity index (χ2v) is 4.85. The molecule has 7 heteroatoms. The molecule has 1 rings (SSSR count). The zero-order valence-electron chi connectivity index (χ0n) is 13.3.